The van der Waals surface area contributed by atoms with Crippen LogP contribution in [0.25, 0.3) is 0 Å². The Hall–Kier alpha value is -1.52. The summed E-state index contributed by atoms with van der Waals surface area (Å²) >= 11 is 0. The Kier molecular flexibility index (Phi) is 7.13. The van der Waals surface area contributed by atoms with E-state index in [0.717, 1.165) is 0 Å². The molecule has 2 atom stereocenters. The molecule has 0 radical (unpaired) electrons. The van der Waals surface area contributed by atoms with Crippen LogP contribution in [0.15, 0.2) is 12.2 Å². The molecule has 0 aliphatic carbocycles. The van der Waals surface area contributed by atoms with Crippen LogP contribution in [0, 0.1) is 0 Å². The Labute approximate surface area is 140 Å². The van der Waals surface area contributed by atoms with Crippen LogP contribution in [-0.2, 0) is 38.3 Å². The van der Waals surface area contributed by atoms with Crippen LogP contribution in [0.4, 0.5) is 0 Å². The molecule has 0 aromatic carbocycles. The lowest BCUT2D eigenvalue weighted by Gasteiger charge is -2.43. The fraction of sp³-hybridized carbons (Fsp3) is 0.733. The maximum atomic E-state index is 12.2. The molecule has 1 saturated heterocycles. The average molecular weight is 345 g/mol. The van der Waals surface area contributed by atoms with E-state index in [1.54, 1.807) is 26.2 Å². The first-order valence-electron chi connectivity index (χ1n) is 7.72. The van der Waals surface area contributed by atoms with Crippen LogP contribution in [0.3, 0.4) is 0 Å². The molecule has 0 N–H and O–H groups in total. The van der Waals surface area contributed by atoms with Gasteiger partial charge in [0.25, 0.3) is 5.91 Å². The fourth-order valence-corrected chi connectivity index (χ4v) is 2.16. The van der Waals surface area contributed by atoms with Gasteiger partial charge in [-0.2, -0.15) is 0 Å². The van der Waals surface area contributed by atoms with Crippen molar-refractivity contribution in [1.29, 1.82) is 0 Å². The van der Waals surface area contributed by atoms with Crippen molar-refractivity contribution in [3.05, 3.63) is 12.2 Å². The summed E-state index contributed by atoms with van der Waals surface area (Å²) in [6.07, 6.45) is 2.59. The lowest BCUT2D eigenvalue weighted by atomic mass is 9.99. The third-order valence-corrected chi connectivity index (χ3v) is 3.49. The summed E-state index contributed by atoms with van der Waals surface area (Å²) in [7, 11) is 1.60. The summed E-state index contributed by atoms with van der Waals surface area (Å²) in [5.41, 5.74) is -1.18. The van der Waals surface area contributed by atoms with Gasteiger partial charge in [0, 0.05) is 7.11 Å². The number of carbonyl (C=O) groups excluding carboxylic acids is 2. The molecule has 3 heterocycles. The van der Waals surface area contributed by atoms with E-state index in [1.807, 2.05) is 0 Å². The van der Waals surface area contributed by atoms with Crippen molar-refractivity contribution in [2.75, 3.05) is 53.3 Å². The second-order valence-electron chi connectivity index (χ2n) is 5.41. The summed E-state index contributed by atoms with van der Waals surface area (Å²) in [6, 6.07) is 0. The highest BCUT2D eigenvalue weighted by Crippen LogP contribution is 2.31. The molecule has 3 rings (SSSR count). The van der Waals surface area contributed by atoms with Gasteiger partial charge in [0.05, 0.1) is 33.0 Å². The zero-order valence-electron chi connectivity index (χ0n) is 13.9. The number of rotatable bonds is 11. The molecule has 1 fully saturated rings. The van der Waals surface area contributed by atoms with E-state index in [1.165, 1.54) is 4.90 Å². The average Bonchev–Trinajstić information content (AvgIpc) is 2.57. The molecule has 3 aliphatic rings. The molecule has 3 aliphatic heterocycles. The van der Waals surface area contributed by atoms with Crippen molar-refractivity contribution in [2.24, 2.45) is 0 Å². The third kappa shape index (κ3) is 4.99. The molecule has 0 unspecified atom stereocenters. The molecule has 136 valence electrons. The van der Waals surface area contributed by atoms with Crippen LogP contribution in [0.2, 0.25) is 0 Å². The highest BCUT2D eigenvalue weighted by Gasteiger charge is 2.49. The Morgan fingerprint density at radius 2 is 1.88 bits per heavy atom. The molecule has 0 aromatic rings. The van der Waals surface area contributed by atoms with Crippen LogP contribution in [-0.4, -0.2) is 81.9 Å². The summed E-state index contributed by atoms with van der Waals surface area (Å²) in [5.74, 6) is -0.862. The number of ether oxygens (including phenoxy) is 4. The molecule has 0 spiro atoms. The molecule has 0 saturated carbocycles. The quantitative estimate of drug-likeness (QED) is 0.217. The second-order valence-corrected chi connectivity index (χ2v) is 5.41. The zero-order chi connectivity index (χ0) is 17.4. The Morgan fingerprint density at radius 3 is 2.50 bits per heavy atom. The minimum absolute atomic E-state index is 0.105. The van der Waals surface area contributed by atoms with E-state index >= 15 is 0 Å². The first-order chi connectivity index (χ1) is 11.6. The number of carbonyl (C=O) groups is 2. The van der Waals surface area contributed by atoms with Gasteiger partial charge in [-0.15, -0.1) is 0 Å². The SMILES string of the molecule is COCCOCCOCCOC(=O)CN1C(=O)[C@@]2(C)C=C[C@@H]1OO2. The smallest absolute Gasteiger partial charge is 0.325 e. The van der Waals surface area contributed by atoms with Crippen LogP contribution >= 0.6 is 0 Å². The Bertz CT molecular complexity index is 468. The van der Waals surface area contributed by atoms with Gasteiger partial charge in [-0.1, -0.05) is 0 Å². The van der Waals surface area contributed by atoms with Gasteiger partial charge in [-0.25, -0.2) is 9.78 Å². The normalized spacial score (nSPS) is 25.3. The van der Waals surface area contributed by atoms with Gasteiger partial charge in [-0.05, 0) is 19.1 Å². The summed E-state index contributed by atoms with van der Waals surface area (Å²) < 4.78 is 20.4. The zero-order valence-corrected chi connectivity index (χ0v) is 13.9. The van der Waals surface area contributed by atoms with Crippen molar-refractivity contribution in [3.63, 3.8) is 0 Å². The van der Waals surface area contributed by atoms with Gasteiger partial charge in [0.15, 0.2) is 11.8 Å². The number of hydrogen-bond donors (Lipinski definition) is 0. The molecule has 24 heavy (non-hydrogen) atoms. The van der Waals surface area contributed by atoms with Crippen molar-refractivity contribution >= 4 is 11.9 Å². The van der Waals surface area contributed by atoms with E-state index < -0.39 is 17.8 Å². The summed E-state index contributed by atoms with van der Waals surface area (Å²) in [5, 5.41) is 0. The van der Waals surface area contributed by atoms with E-state index in [-0.39, 0.29) is 25.7 Å². The van der Waals surface area contributed by atoms with Crippen molar-refractivity contribution in [3.8, 4) is 0 Å². The van der Waals surface area contributed by atoms with Gasteiger partial charge >= 0.3 is 5.97 Å². The Morgan fingerprint density at radius 1 is 1.21 bits per heavy atom. The molecular formula is C15H23NO8. The third-order valence-electron chi connectivity index (χ3n) is 3.49. The number of fused-ring (bicyclic) bond motifs is 2. The highest BCUT2D eigenvalue weighted by molar-refractivity contribution is 5.91. The van der Waals surface area contributed by atoms with Crippen LogP contribution in [0.5, 0.6) is 0 Å². The molecule has 2 bridgehead atoms. The standard InChI is InChI=1S/C15H23NO8/c1-15-4-3-12(23-24-15)16(14(15)18)11-13(17)22-10-9-21-8-7-20-6-5-19-2/h3-4,12H,5-11H2,1-2H3/t12-,15+/m0/s1. The maximum Gasteiger partial charge on any atom is 0.325 e. The van der Waals surface area contributed by atoms with E-state index in [2.05, 4.69) is 0 Å². The molecule has 0 aromatic heterocycles. The van der Waals surface area contributed by atoms with Crippen LogP contribution in [0.1, 0.15) is 6.92 Å². The number of hydrogen-bond acceptors (Lipinski definition) is 8. The van der Waals surface area contributed by atoms with Gasteiger partial charge in [0.1, 0.15) is 13.2 Å². The lowest BCUT2D eigenvalue weighted by molar-refractivity contribution is -0.400. The molecule has 9 nitrogen and oxygen atoms in total. The van der Waals surface area contributed by atoms with Gasteiger partial charge in [-0.3, -0.25) is 14.5 Å². The number of esters is 1. The van der Waals surface area contributed by atoms with Crippen molar-refractivity contribution < 1.29 is 38.3 Å². The maximum absolute atomic E-state index is 12.2. The van der Waals surface area contributed by atoms with E-state index in [9.17, 15) is 9.59 Å². The highest BCUT2D eigenvalue weighted by atomic mass is 17.2. The van der Waals surface area contributed by atoms with Crippen molar-refractivity contribution in [1.82, 2.24) is 4.90 Å². The summed E-state index contributed by atoms with van der Waals surface area (Å²) in [4.78, 5) is 35.3. The predicted octanol–water partition coefficient (Wildman–Crippen LogP) is -0.346. The number of methoxy groups -OCH3 is 1. The largest absolute Gasteiger partial charge is 0.462 e. The number of nitrogens with zero attached hydrogens (tertiary/aromatic N) is 1. The van der Waals surface area contributed by atoms with E-state index in [0.29, 0.717) is 26.4 Å². The Balaban J connectivity index is 1.56. The van der Waals surface area contributed by atoms with E-state index in [4.69, 9.17) is 28.7 Å². The monoisotopic (exact) mass is 345 g/mol. The fourth-order valence-electron chi connectivity index (χ4n) is 2.16. The number of amides is 1. The molecule has 9 heteroatoms. The minimum Gasteiger partial charge on any atom is -0.462 e. The van der Waals surface area contributed by atoms with Crippen LogP contribution < -0.4 is 0 Å². The lowest BCUT2D eigenvalue weighted by Crippen LogP contribution is -2.61. The molecular weight excluding hydrogens is 322 g/mol. The van der Waals surface area contributed by atoms with Gasteiger partial charge < -0.3 is 18.9 Å². The first kappa shape index (κ1) is 18.8. The van der Waals surface area contributed by atoms with Crippen molar-refractivity contribution in [2.45, 2.75) is 18.8 Å². The second kappa shape index (κ2) is 9.09. The predicted molar refractivity (Wildman–Crippen MR) is 79.7 cm³/mol. The minimum atomic E-state index is -1.18. The summed E-state index contributed by atoms with van der Waals surface area (Å²) in [6.45, 7) is 3.64. The van der Waals surface area contributed by atoms with Gasteiger partial charge in [0.2, 0.25) is 0 Å². The topological polar surface area (TPSA) is 92.8 Å². The first-order valence-corrected chi connectivity index (χ1v) is 7.72. The molecule has 1 amide bonds.